The number of aromatic nitrogens is 2. The summed E-state index contributed by atoms with van der Waals surface area (Å²) in [4.78, 5) is 25.9. The Bertz CT molecular complexity index is 991. The van der Waals surface area contributed by atoms with Gasteiger partial charge in [-0.2, -0.15) is 0 Å². The van der Waals surface area contributed by atoms with Crippen LogP contribution in [0.15, 0.2) is 39.6 Å². The molecule has 0 spiro atoms. The largest absolute Gasteiger partial charge is 0.384 e. The van der Waals surface area contributed by atoms with Gasteiger partial charge >= 0.3 is 0 Å². The van der Waals surface area contributed by atoms with Crippen LogP contribution in [0.5, 0.6) is 0 Å². The maximum atomic E-state index is 13.1. The van der Waals surface area contributed by atoms with Gasteiger partial charge in [0.15, 0.2) is 11.9 Å². The monoisotopic (exact) mass is 343 g/mol. The highest BCUT2D eigenvalue weighted by Gasteiger charge is 2.25. The second-order valence-corrected chi connectivity index (χ2v) is 6.45. The molecule has 1 aliphatic heterocycles. The number of benzene rings is 1. The van der Waals surface area contributed by atoms with Gasteiger partial charge in [-0.1, -0.05) is 24.2 Å². The molecule has 0 fully saturated rings. The summed E-state index contributed by atoms with van der Waals surface area (Å²) in [6.45, 7) is 2.01. The summed E-state index contributed by atoms with van der Waals surface area (Å²) in [6.07, 6.45) is 1.12. The van der Waals surface area contributed by atoms with E-state index in [2.05, 4.69) is 15.1 Å². The molecular weight excluding hydrogens is 329 g/mol. The average Bonchev–Trinajstić information content (AvgIpc) is 3.22. The van der Waals surface area contributed by atoms with E-state index < -0.39 is 0 Å². The minimum atomic E-state index is -0.339. The highest BCUT2D eigenvalue weighted by atomic mass is 32.1. The summed E-state index contributed by atoms with van der Waals surface area (Å²) < 4.78 is 13.1. The van der Waals surface area contributed by atoms with Crippen LogP contribution in [0, 0.1) is 5.82 Å². The molecule has 1 atom stereocenters. The van der Waals surface area contributed by atoms with Crippen molar-refractivity contribution in [2.45, 2.75) is 25.9 Å². The Morgan fingerprint density at radius 2 is 2.17 bits per heavy atom. The number of thiophene rings is 1. The van der Waals surface area contributed by atoms with Crippen molar-refractivity contribution < 1.29 is 9.23 Å². The molecule has 5 nitrogen and oxygen atoms in total. The second kappa shape index (κ2) is 5.83. The first-order valence-corrected chi connectivity index (χ1v) is 8.52. The van der Waals surface area contributed by atoms with E-state index in [1.54, 1.807) is 12.1 Å². The van der Waals surface area contributed by atoms with Crippen molar-refractivity contribution in [2.75, 3.05) is 0 Å². The fourth-order valence-electron chi connectivity index (χ4n) is 2.74. The Kier molecular flexibility index (Phi) is 3.65. The van der Waals surface area contributed by atoms with Crippen molar-refractivity contribution in [1.82, 2.24) is 9.97 Å². The van der Waals surface area contributed by atoms with Crippen LogP contribution in [0.1, 0.15) is 31.7 Å². The van der Waals surface area contributed by atoms with Crippen molar-refractivity contribution in [3.63, 3.8) is 0 Å². The van der Waals surface area contributed by atoms with Crippen LogP contribution in [-0.4, -0.2) is 15.7 Å². The third kappa shape index (κ3) is 2.50. The summed E-state index contributed by atoms with van der Waals surface area (Å²) in [5.74, 6) is 0.185. The number of rotatable bonds is 3. The molecule has 0 saturated carbocycles. The smallest absolute Gasteiger partial charge is 0.260 e. The third-order valence-corrected chi connectivity index (χ3v) is 4.93. The number of H-pyrrole nitrogens is 1. The molecule has 122 valence electrons. The van der Waals surface area contributed by atoms with Gasteiger partial charge in [0.25, 0.3) is 5.56 Å². The number of nitrogens with one attached hydrogen (secondary N) is 1. The van der Waals surface area contributed by atoms with Gasteiger partial charge in [-0.05, 0) is 24.1 Å². The number of oxime groups is 1. The Labute approximate surface area is 140 Å². The summed E-state index contributed by atoms with van der Waals surface area (Å²) in [5, 5.41) is 6.39. The summed E-state index contributed by atoms with van der Waals surface area (Å²) >= 11 is 1.39. The van der Waals surface area contributed by atoms with Crippen LogP contribution in [0.2, 0.25) is 0 Å². The van der Waals surface area contributed by atoms with E-state index >= 15 is 0 Å². The van der Waals surface area contributed by atoms with E-state index in [0.717, 1.165) is 23.3 Å². The van der Waals surface area contributed by atoms with Crippen molar-refractivity contribution >= 4 is 27.3 Å². The first-order valence-electron chi connectivity index (χ1n) is 7.64. The highest BCUT2D eigenvalue weighted by Crippen LogP contribution is 2.32. The number of hydrogen-bond donors (Lipinski definition) is 1. The van der Waals surface area contributed by atoms with Gasteiger partial charge in [0.1, 0.15) is 10.6 Å². The SMILES string of the molecule is CCC1=NOC(c2nc3scc(-c4ccc(F)cc4)c3c(=O)[nH]2)C1. The van der Waals surface area contributed by atoms with Gasteiger partial charge in [-0.3, -0.25) is 4.79 Å². The van der Waals surface area contributed by atoms with E-state index in [1.807, 2.05) is 12.3 Å². The molecule has 2 aromatic heterocycles. The average molecular weight is 343 g/mol. The van der Waals surface area contributed by atoms with E-state index in [4.69, 9.17) is 4.84 Å². The summed E-state index contributed by atoms with van der Waals surface area (Å²) in [5.41, 5.74) is 2.29. The van der Waals surface area contributed by atoms with E-state index in [9.17, 15) is 9.18 Å². The van der Waals surface area contributed by atoms with Gasteiger partial charge in [0, 0.05) is 17.4 Å². The fourth-order valence-corrected chi connectivity index (χ4v) is 3.70. The molecule has 0 radical (unpaired) electrons. The number of halogens is 1. The molecule has 1 N–H and O–H groups in total. The number of fused-ring (bicyclic) bond motifs is 1. The Morgan fingerprint density at radius 3 is 2.88 bits per heavy atom. The third-order valence-electron chi connectivity index (χ3n) is 4.06. The molecule has 0 amide bonds. The van der Waals surface area contributed by atoms with Crippen molar-refractivity contribution in [3.05, 3.63) is 51.6 Å². The lowest BCUT2D eigenvalue weighted by molar-refractivity contribution is 0.0792. The van der Waals surface area contributed by atoms with E-state index in [1.165, 1.54) is 23.5 Å². The number of nitrogens with zero attached hydrogens (tertiary/aromatic N) is 2. The molecule has 3 heterocycles. The van der Waals surface area contributed by atoms with Crippen LogP contribution in [0.4, 0.5) is 4.39 Å². The van der Waals surface area contributed by atoms with Crippen LogP contribution in [0.3, 0.4) is 0 Å². The van der Waals surface area contributed by atoms with Gasteiger partial charge in [0.05, 0.1) is 11.1 Å². The zero-order chi connectivity index (χ0) is 16.7. The molecule has 24 heavy (non-hydrogen) atoms. The fraction of sp³-hybridized carbons (Fsp3) is 0.235. The maximum Gasteiger partial charge on any atom is 0.260 e. The Balaban J connectivity index is 1.76. The van der Waals surface area contributed by atoms with Gasteiger partial charge in [0.2, 0.25) is 0 Å². The quantitative estimate of drug-likeness (QED) is 0.781. The molecular formula is C17H14FN3O2S. The molecule has 1 aromatic carbocycles. The molecule has 0 saturated heterocycles. The molecule has 3 aromatic rings. The zero-order valence-corrected chi connectivity index (χ0v) is 13.7. The normalized spacial score (nSPS) is 17.1. The maximum absolute atomic E-state index is 13.1. The second-order valence-electron chi connectivity index (χ2n) is 5.60. The van der Waals surface area contributed by atoms with Gasteiger partial charge < -0.3 is 9.82 Å². The minimum absolute atomic E-state index is 0.218. The molecule has 0 bridgehead atoms. The predicted molar refractivity (Wildman–Crippen MR) is 91.8 cm³/mol. The lowest BCUT2D eigenvalue weighted by Crippen LogP contribution is -2.14. The molecule has 7 heteroatoms. The first-order chi connectivity index (χ1) is 11.7. The van der Waals surface area contributed by atoms with Crippen LogP contribution < -0.4 is 5.56 Å². The van der Waals surface area contributed by atoms with Crippen LogP contribution in [0.25, 0.3) is 21.3 Å². The van der Waals surface area contributed by atoms with Crippen molar-refractivity contribution in [2.24, 2.45) is 5.16 Å². The van der Waals surface area contributed by atoms with Gasteiger partial charge in [-0.25, -0.2) is 9.37 Å². The lowest BCUT2D eigenvalue weighted by Gasteiger charge is -2.07. The summed E-state index contributed by atoms with van der Waals surface area (Å²) in [7, 11) is 0. The highest BCUT2D eigenvalue weighted by molar-refractivity contribution is 7.17. The topological polar surface area (TPSA) is 67.3 Å². The minimum Gasteiger partial charge on any atom is -0.384 e. The Morgan fingerprint density at radius 1 is 1.38 bits per heavy atom. The summed E-state index contributed by atoms with van der Waals surface area (Å²) in [6, 6.07) is 6.08. The first kappa shape index (κ1) is 15.0. The molecule has 1 unspecified atom stereocenters. The van der Waals surface area contributed by atoms with Crippen LogP contribution >= 0.6 is 11.3 Å². The van der Waals surface area contributed by atoms with Crippen LogP contribution in [-0.2, 0) is 4.84 Å². The lowest BCUT2D eigenvalue weighted by atomic mass is 10.1. The molecule has 1 aliphatic rings. The molecule has 4 rings (SSSR count). The van der Waals surface area contributed by atoms with E-state index in [-0.39, 0.29) is 17.5 Å². The van der Waals surface area contributed by atoms with Crippen molar-refractivity contribution in [3.8, 4) is 11.1 Å². The van der Waals surface area contributed by atoms with E-state index in [0.29, 0.717) is 22.5 Å². The zero-order valence-electron chi connectivity index (χ0n) is 12.9. The molecule has 0 aliphatic carbocycles. The van der Waals surface area contributed by atoms with Gasteiger partial charge in [-0.15, -0.1) is 11.3 Å². The Hall–Kier alpha value is -2.54. The standard InChI is InChI=1S/C17H14FN3O2S/c1-2-11-7-13(23-21-11)15-19-16(22)14-12(8-24-17(14)20-15)9-3-5-10(18)6-4-9/h3-6,8,13H,2,7H2,1H3,(H,19,20,22). The van der Waals surface area contributed by atoms with Crippen molar-refractivity contribution in [1.29, 1.82) is 0 Å². The number of aromatic amines is 1. The predicted octanol–water partition coefficient (Wildman–Crippen LogP) is 4.02. The number of hydrogen-bond acceptors (Lipinski definition) is 5.